The first kappa shape index (κ1) is 22.9. The van der Waals surface area contributed by atoms with Crippen LogP contribution in [0.25, 0.3) is 57.5 Å². The maximum atomic E-state index is 4.89. The molecular formula is C25H17Cl3FeN5. The fourth-order valence-electron chi connectivity index (χ4n) is 3.79. The third-order valence-electron chi connectivity index (χ3n) is 5.16. The summed E-state index contributed by atoms with van der Waals surface area (Å²) in [5, 5.41) is 0. The Morgan fingerprint density at radius 2 is 1.09 bits per heavy atom. The second kappa shape index (κ2) is 10.2. The average molecular weight is 550 g/mol. The monoisotopic (exact) mass is 548 g/mol. The van der Waals surface area contributed by atoms with Gasteiger partial charge < -0.3 is 9.97 Å². The summed E-state index contributed by atoms with van der Waals surface area (Å²) in [6.45, 7) is 0. The predicted molar refractivity (Wildman–Crippen MR) is 140 cm³/mol. The molecule has 2 aliphatic heterocycles. The van der Waals surface area contributed by atoms with Crippen LogP contribution in [0.15, 0.2) is 67.0 Å². The number of pyridine rings is 1. The van der Waals surface area contributed by atoms with E-state index in [-0.39, 0.29) is 0 Å². The van der Waals surface area contributed by atoms with Crippen molar-refractivity contribution < 1.29 is 11.2 Å². The molecule has 0 aliphatic carbocycles. The van der Waals surface area contributed by atoms with E-state index in [2.05, 4.69) is 45.3 Å². The van der Waals surface area contributed by atoms with Crippen molar-refractivity contribution >= 4 is 76.7 Å². The van der Waals surface area contributed by atoms with Gasteiger partial charge in [0.05, 0.1) is 22.8 Å². The Kier molecular flexibility index (Phi) is 6.86. The molecule has 2 aliphatic rings. The molecule has 4 aromatic heterocycles. The van der Waals surface area contributed by atoms with Crippen molar-refractivity contribution in [3.63, 3.8) is 0 Å². The molecular weight excluding hydrogens is 533 g/mol. The number of aromatic nitrogens is 5. The van der Waals surface area contributed by atoms with Crippen molar-refractivity contribution in [2.75, 3.05) is 0 Å². The third-order valence-corrected chi connectivity index (χ3v) is 5.16. The molecule has 171 valence electrons. The van der Waals surface area contributed by atoms with E-state index < -0.39 is 11.2 Å². The molecule has 6 rings (SSSR count). The van der Waals surface area contributed by atoms with Gasteiger partial charge in [-0.2, -0.15) is 0 Å². The molecule has 5 nitrogen and oxygen atoms in total. The van der Waals surface area contributed by atoms with Gasteiger partial charge in [-0.05, 0) is 84.5 Å². The first-order chi connectivity index (χ1) is 16.5. The zero-order valence-electron chi connectivity index (χ0n) is 17.5. The number of fused-ring (bicyclic) bond motifs is 8. The van der Waals surface area contributed by atoms with Gasteiger partial charge in [0.2, 0.25) is 0 Å². The minimum absolute atomic E-state index is 0.907. The van der Waals surface area contributed by atoms with Gasteiger partial charge in [0, 0.05) is 40.0 Å². The van der Waals surface area contributed by atoms with Crippen molar-refractivity contribution in [1.29, 1.82) is 0 Å². The first-order valence-corrected chi connectivity index (χ1v) is 14.7. The molecule has 6 heterocycles. The molecule has 0 fully saturated rings. The third kappa shape index (κ3) is 5.61. The Morgan fingerprint density at radius 1 is 0.588 bits per heavy atom. The zero-order valence-corrected chi connectivity index (χ0v) is 20.9. The molecule has 0 radical (unpaired) electrons. The van der Waals surface area contributed by atoms with Gasteiger partial charge >= 0.3 is 41.5 Å². The number of rotatable bonds is 1. The molecule has 0 spiro atoms. The van der Waals surface area contributed by atoms with Crippen molar-refractivity contribution in [3.05, 3.63) is 89.8 Å². The second-order valence-corrected chi connectivity index (χ2v) is 12.9. The summed E-state index contributed by atoms with van der Waals surface area (Å²) in [5.41, 5.74) is 9.88. The van der Waals surface area contributed by atoms with Crippen LogP contribution in [0.2, 0.25) is 0 Å². The Morgan fingerprint density at radius 3 is 1.65 bits per heavy atom. The van der Waals surface area contributed by atoms with Gasteiger partial charge in [-0.3, -0.25) is 4.98 Å². The van der Waals surface area contributed by atoms with E-state index in [1.165, 1.54) is 0 Å². The molecule has 2 N–H and O–H groups in total. The number of H-pyrrole nitrogens is 2. The fourth-order valence-corrected chi connectivity index (χ4v) is 3.79. The Balaban J connectivity index is 0.000000560. The summed E-state index contributed by atoms with van der Waals surface area (Å²) in [7, 11) is 14.7. The average Bonchev–Trinajstić information content (AvgIpc) is 3.59. The fraction of sp³-hybridized carbons (Fsp3) is 0. The molecule has 0 atom stereocenters. The van der Waals surface area contributed by atoms with E-state index in [9.17, 15) is 0 Å². The van der Waals surface area contributed by atoms with Gasteiger partial charge in [-0.25, -0.2) is 9.97 Å². The van der Waals surface area contributed by atoms with E-state index in [0.29, 0.717) is 0 Å². The summed E-state index contributed by atoms with van der Waals surface area (Å²) in [6.07, 6.45) is 11.7. The van der Waals surface area contributed by atoms with E-state index in [1.807, 2.05) is 61.0 Å². The number of halogens is 3. The molecule has 4 aromatic rings. The van der Waals surface area contributed by atoms with E-state index >= 15 is 0 Å². The van der Waals surface area contributed by atoms with Crippen molar-refractivity contribution in [2.24, 2.45) is 0 Å². The van der Waals surface area contributed by atoms with Crippen molar-refractivity contribution in [3.8, 4) is 11.1 Å². The van der Waals surface area contributed by atoms with Crippen LogP contribution in [0.3, 0.4) is 0 Å². The topological polar surface area (TPSA) is 70.2 Å². The SMILES string of the molecule is C1=Cc2cc3cc(-c4ccncc4)c(cc4nc(cc5ccc(cc1n2)[nH]5)C=C4)[nH]3.[Cl][Fe]([Cl])[Cl]. The summed E-state index contributed by atoms with van der Waals surface area (Å²) in [6, 6.07) is 18.5. The Labute approximate surface area is 212 Å². The van der Waals surface area contributed by atoms with Crippen LogP contribution in [-0.2, 0) is 11.2 Å². The number of nitrogens with zero attached hydrogens (tertiary/aromatic N) is 3. The van der Waals surface area contributed by atoms with E-state index in [4.69, 9.17) is 40.3 Å². The predicted octanol–water partition coefficient (Wildman–Crippen LogP) is 7.78. The first-order valence-electron chi connectivity index (χ1n) is 10.2. The molecule has 9 heteroatoms. The molecule has 0 saturated heterocycles. The van der Waals surface area contributed by atoms with Crippen molar-refractivity contribution in [2.45, 2.75) is 0 Å². The van der Waals surface area contributed by atoms with Crippen LogP contribution in [0.5, 0.6) is 0 Å². The molecule has 8 bridgehead atoms. The van der Waals surface area contributed by atoms with E-state index in [1.54, 1.807) is 0 Å². The van der Waals surface area contributed by atoms with Crippen LogP contribution >= 0.6 is 30.3 Å². The molecule has 0 unspecified atom stereocenters. The number of hydrogen-bond acceptors (Lipinski definition) is 3. The van der Waals surface area contributed by atoms with Crippen molar-refractivity contribution in [1.82, 2.24) is 24.9 Å². The molecule has 34 heavy (non-hydrogen) atoms. The summed E-state index contributed by atoms with van der Waals surface area (Å²) >= 11 is -1.33. The summed E-state index contributed by atoms with van der Waals surface area (Å²) in [4.78, 5) is 20.6. The van der Waals surface area contributed by atoms with Crippen LogP contribution in [0.1, 0.15) is 22.8 Å². The Hall–Kier alpha value is -2.86. The quantitative estimate of drug-likeness (QED) is 0.206. The zero-order chi connectivity index (χ0) is 23.5. The number of aromatic amines is 2. The van der Waals surface area contributed by atoms with Crippen LogP contribution < -0.4 is 0 Å². The van der Waals surface area contributed by atoms with Gasteiger partial charge in [0.1, 0.15) is 0 Å². The standard InChI is InChI=1S/C25H17N5.3ClH.Fe/c1-2-18-12-20-5-6-22(29-20)15-25-24(16-7-9-26-10-8-16)14-23(30-25)13-21-4-3-19(28-21)11-17(1)27-18;;;;/h1-15,27,30H;3*1H;/q;;;;+3/p-3. The van der Waals surface area contributed by atoms with Crippen LogP contribution in [-0.4, -0.2) is 24.9 Å². The molecule has 0 saturated carbocycles. The Bertz CT molecular complexity index is 1550. The summed E-state index contributed by atoms with van der Waals surface area (Å²) < 4.78 is 0. The normalized spacial score (nSPS) is 12.3. The second-order valence-electron chi connectivity index (χ2n) is 7.48. The molecule has 0 amide bonds. The summed E-state index contributed by atoms with van der Waals surface area (Å²) in [5.74, 6) is 0. The molecule has 0 aromatic carbocycles. The van der Waals surface area contributed by atoms with Crippen LogP contribution in [0, 0.1) is 0 Å². The van der Waals surface area contributed by atoms with E-state index in [0.717, 1.165) is 56.0 Å². The number of nitrogens with one attached hydrogen (secondary N) is 2. The van der Waals surface area contributed by atoms with Gasteiger partial charge in [-0.1, -0.05) is 0 Å². The minimum atomic E-state index is -1.33. The number of hydrogen-bond donors (Lipinski definition) is 2. The van der Waals surface area contributed by atoms with Gasteiger partial charge in [-0.15, -0.1) is 0 Å². The van der Waals surface area contributed by atoms with Gasteiger partial charge in [0.25, 0.3) is 0 Å². The van der Waals surface area contributed by atoms with Crippen LogP contribution in [0.4, 0.5) is 0 Å². The maximum absolute atomic E-state index is 4.89. The van der Waals surface area contributed by atoms with Gasteiger partial charge in [0.15, 0.2) is 0 Å².